The summed E-state index contributed by atoms with van der Waals surface area (Å²) in [6, 6.07) is 7.17. The summed E-state index contributed by atoms with van der Waals surface area (Å²) in [5.74, 6) is 0. The van der Waals surface area contributed by atoms with E-state index in [9.17, 15) is 13.5 Å². The zero-order valence-corrected chi connectivity index (χ0v) is 14.7. The van der Waals surface area contributed by atoms with Crippen molar-refractivity contribution in [2.24, 2.45) is 0 Å². The lowest BCUT2D eigenvalue weighted by molar-refractivity contribution is 0.281. The van der Waals surface area contributed by atoms with Crippen molar-refractivity contribution in [3.05, 3.63) is 50.1 Å². The average Bonchev–Trinajstić information content (AvgIpc) is 2.94. The van der Waals surface area contributed by atoms with Gasteiger partial charge in [-0.05, 0) is 57.9 Å². The van der Waals surface area contributed by atoms with Crippen LogP contribution in [0.5, 0.6) is 0 Å². The lowest BCUT2D eigenvalue weighted by Gasteiger charge is -2.11. The number of aliphatic hydroxyl groups is 1. The minimum Gasteiger partial charge on any atom is -0.392 e. The Kier molecular flexibility index (Phi) is 5.56. The number of nitrogens with one attached hydrogen (secondary N) is 1. The van der Waals surface area contributed by atoms with Gasteiger partial charge < -0.3 is 5.11 Å². The minimum atomic E-state index is -3.60. The van der Waals surface area contributed by atoms with Crippen molar-refractivity contribution in [1.29, 1.82) is 0 Å². The van der Waals surface area contributed by atoms with Gasteiger partial charge in [-0.15, -0.1) is 11.3 Å². The summed E-state index contributed by atoms with van der Waals surface area (Å²) >= 11 is 4.92. The lowest BCUT2D eigenvalue weighted by atomic mass is 10.1. The van der Waals surface area contributed by atoms with Crippen molar-refractivity contribution in [2.45, 2.75) is 24.8 Å². The molecule has 0 unspecified atom stereocenters. The number of aryl methyl sites for hydroxylation is 1. The van der Waals surface area contributed by atoms with Gasteiger partial charge in [-0.2, -0.15) is 0 Å². The van der Waals surface area contributed by atoms with E-state index in [1.54, 1.807) is 24.3 Å². The molecule has 0 fully saturated rings. The molecule has 0 spiro atoms. The maximum absolute atomic E-state index is 12.4. The molecule has 2 N–H and O–H groups in total. The molecular weight excluding hydrogens is 374 g/mol. The molecule has 0 aliphatic carbocycles. The number of thiophene rings is 1. The van der Waals surface area contributed by atoms with E-state index < -0.39 is 10.0 Å². The summed E-state index contributed by atoms with van der Waals surface area (Å²) in [6.45, 7) is 1.96. The van der Waals surface area contributed by atoms with Gasteiger partial charge in [0.15, 0.2) is 0 Å². The van der Waals surface area contributed by atoms with E-state index >= 15 is 0 Å². The van der Waals surface area contributed by atoms with Crippen molar-refractivity contribution in [1.82, 2.24) is 4.72 Å². The molecule has 4 nitrogen and oxygen atoms in total. The van der Waals surface area contributed by atoms with Gasteiger partial charge >= 0.3 is 0 Å². The summed E-state index contributed by atoms with van der Waals surface area (Å²) in [6.07, 6.45) is 0.660. The van der Waals surface area contributed by atoms with Crippen LogP contribution in [0.15, 0.2) is 39.0 Å². The van der Waals surface area contributed by atoms with Crippen LogP contribution in [-0.4, -0.2) is 20.1 Å². The van der Waals surface area contributed by atoms with Gasteiger partial charge in [0.1, 0.15) is 0 Å². The number of hydrogen-bond acceptors (Lipinski definition) is 4. The molecule has 1 aromatic heterocycles. The molecule has 0 saturated heterocycles. The second-order valence-electron chi connectivity index (χ2n) is 4.61. The molecule has 0 saturated carbocycles. The Bertz CT molecular complexity index is 712. The predicted octanol–water partition coefficient (Wildman–Crippen LogP) is 2.83. The summed E-state index contributed by atoms with van der Waals surface area (Å²) in [7, 11) is -3.60. The third kappa shape index (κ3) is 4.14. The van der Waals surface area contributed by atoms with Gasteiger partial charge in [-0.3, -0.25) is 0 Å². The van der Waals surface area contributed by atoms with Crippen LogP contribution in [0.1, 0.15) is 16.0 Å². The Hall–Kier alpha value is -0.730. The van der Waals surface area contributed by atoms with Crippen LogP contribution in [0.25, 0.3) is 0 Å². The molecule has 0 atom stereocenters. The highest BCUT2D eigenvalue weighted by atomic mass is 79.9. The third-order valence-electron chi connectivity index (χ3n) is 3.00. The normalized spacial score (nSPS) is 11.8. The van der Waals surface area contributed by atoms with Gasteiger partial charge in [0.25, 0.3) is 0 Å². The van der Waals surface area contributed by atoms with Crippen LogP contribution in [0.4, 0.5) is 0 Å². The predicted molar refractivity (Wildman–Crippen MR) is 88.0 cm³/mol. The largest absolute Gasteiger partial charge is 0.392 e. The molecule has 2 rings (SSSR count). The molecule has 1 aromatic carbocycles. The van der Waals surface area contributed by atoms with Crippen molar-refractivity contribution in [2.75, 3.05) is 6.54 Å². The van der Waals surface area contributed by atoms with Crippen LogP contribution in [0.2, 0.25) is 0 Å². The molecule has 0 radical (unpaired) electrons. The molecule has 0 aliphatic heterocycles. The highest BCUT2D eigenvalue weighted by Crippen LogP contribution is 2.27. The first kappa shape index (κ1) is 16.6. The number of halogens is 1. The fourth-order valence-corrected chi connectivity index (χ4v) is 4.74. The smallest absolute Gasteiger partial charge is 0.241 e. The highest BCUT2D eigenvalue weighted by Gasteiger charge is 2.19. The molecule has 0 bridgehead atoms. The summed E-state index contributed by atoms with van der Waals surface area (Å²) in [5, 5.41) is 11.2. The quantitative estimate of drug-likeness (QED) is 0.797. The molecule has 114 valence electrons. The minimum absolute atomic E-state index is 0.165. The molecule has 2 aromatic rings. The number of rotatable bonds is 6. The van der Waals surface area contributed by atoms with Crippen LogP contribution in [0, 0.1) is 6.92 Å². The molecular formula is C14H16BrNO3S2. The Morgan fingerprint density at radius 2 is 2.14 bits per heavy atom. The molecule has 1 heterocycles. The lowest BCUT2D eigenvalue weighted by Crippen LogP contribution is -2.26. The van der Waals surface area contributed by atoms with Crippen molar-refractivity contribution >= 4 is 37.3 Å². The zero-order valence-electron chi connectivity index (χ0n) is 11.5. The first-order chi connectivity index (χ1) is 9.94. The van der Waals surface area contributed by atoms with Gasteiger partial charge in [-0.25, -0.2) is 13.1 Å². The van der Waals surface area contributed by atoms with E-state index in [-0.39, 0.29) is 11.5 Å². The van der Waals surface area contributed by atoms with E-state index in [0.717, 1.165) is 10.4 Å². The fraction of sp³-hybridized carbons (Fsp3) is 0.286. The number of aliphatic hydroxyl groups excluding tert-OH is 1. The Morgan fingerprint density at radius 3 is 2.76 bits per heavy atom. The van der Waals surface area contributed by atoms with E-state index in [2.05, 4.69) is 20.7 Å². The van der Waals surface area contributed by atoms with Crippen LogP contribution >= 0.6 is 27.3 Å². The van der Waals surface area contributed by atoms with Gasteiger partial charge in [0, 0.05) is 15.9 Å². The number of hydrogen-bond donors (Lipinski definition) is 2. The maximum atomic E-state index is 12.4. The topological polar surface area (TPSA) is 66.4 Å². The first-order valence-corrected chi connectivity index (χ1v) is 9.51. The Balaban J connectivity index is 2.17. The van der Waals surface area contributed by atoms with E-state index in [1.165, 1.54) is 6.07 Å². The molecule has 0 amide bonds. The van der Waals surface area contributed by atoms with Crippen molar-refractivity contribution in [3.63, 3.8) is 0 Å². The first-order valence-electron chi connectivity index (χ1n) is 6.36. The van der Waals surface area contributed by atoms with E-state index in [4.69, 9.17) is 0 Å². The highest BCUT2D eigenvalue weighted by molar-refractivity contribution is 9.10. The Morgan fingerprint density at radius 1 is 1.38 bits per heavy atom. The van der Waals surface area contributed by atoms with Crippen molar-refractivity contribution < 1.29 is 13.5 Å². The monoisotopic (exact) mass is 389 g/mol. The third-order valence-corrected chi connectivity index (χ3v) is 6.73. The van der Waals surface area contributed by atoms with E-state index in [1.807, 2.05) is 17.5 Å². The number of sulfonamides is 1. The zero-order chi connectivity index (χ0) is 15.5. The van der Waals surface area contributed by atoms with E-state index in [0.29, 0.717) is 23.0 Å². The number of benzene rings is 1. The fourth-order valence-electron chi connectivity index (χ4n) is 1.94. The maximum Gasteiger partial charge on any atom is 0.241 e. The Labute approximate surface area is 137 Å². The second-order valence-corrected chi connectivity index (χ2v) is 8.17. The SMILES string of the molecule is Cc1cc(CO)cc(S(=O)(=O)NCCc2cccs2)c1Br. The van der Waals surface area contributed by atoms with Crippen LogP contribution in [0.3, 0.4) is 0 Å². The molecule has 7 heteroatoms. The summed E-state index contributed by atoms with van der Waals surface area (Å²) in [5.41, 5.74) is 1.36. The van der Waals surface area contributed by atoms with Gasteiger partial charge in [-0.1, -0.05) is 12.1 Å². The van der Waals surface area contributed by atoms with Gasteiger partial charge in [0.2, 0.25) is 10.0 Å². The summed E-state index contributed by atoms with van der Waals surface area (Å²) in [4.78, 5) is 1.30. The second kappa shape index (κ2) is 7.02. The van der Waals surface area contributed by atoms with Crippen LogP contribution < -0.4 is 4.72 Å². The molecule has 21 heavy (non-hydrogen) atoms. The van der Waals surface area contributed by atoms with Crippen LogP contribution in [-0.2, 0) is 23.1 Å². The standard InChI is InChI=1S/C14H16BrNO3S2/c1-10-7-11(9-17)8-13(14(10)15)21(18,19)16-5-4-12-3-2-6-20-12/h2-3,6-8,16-17H,4-5,9H2,1H3. The molecule has 0 aliphatic rings. The summed E-state index contributed by atoms with van der Waals surface area (Å²) < 4.78 is 27.9. The average molecular weight is 390 g/mol. The van der Waals surface area contributed by atoms with Gasteiger partial charge in [0.05, 0.1) is 11.5 Å². The van der Waals surface area contributed by atoms with Crippen molar-refractivity contribution in [3.8, 4) is 0 Å².